The summed E-state index contributed by atoms with van der Waals surface area (Å²) >= 11 is 0. The maximum atomic E-state index is 13.7. The van der Waals surface area contributed by atoms with Crippen molar-refractivity contribution in [2.75, 3.05) is 23.7 Å². The molecule has 0 radical (unpaired) electrons. The third kappa shape index (κ3) is 1.64. The maximum absolute atomic E-state index is 13.7. The van der Waals surface area contributed by atoms with E-state index in [0.717, 1.165) is 25.9 Å². The summed E-state index contributed by atoms with van der Waals surface area (Å²) in [7, 11) is 0. The van der Waals surface area contributed by atoms with Crippen molar-refractivity contribution >= 4 is 11.4 Å². The van der Waals surface area contributed by atoms with Gasteiger partial charge in [0.05, 0.1) is 11.4 Å². The van der Waals surface area contributed by atoms with Gasteiger partial charge < -0.3 is 10.6 Å². The number of para-hydroxylation sites is 1. The van der Waals surface area contributed by atoms with Crippen molar-refractivity contribution < 1.29 is 4.39 Å². The summed E-state index contributed by atoms with van der Waals surface area (Å²) in [4.78, 5) is 2.05. The molecule has 1 aromatic rings. The van der Waals surface area contributed by atoms with Crippen LogP contribution in [-0.4, -0.2) is 13.1 Å². The minimum atomic E-state index is -0.208. The van der Waals surface area contributed by atoms with Gasteiger partial charge in [-0.05, 0) is 25.0 Å². The van der Waals surface area contributed by atoms with Crippen LogP contribution in [0.4, 0.5) is 15.8 Å². The second-order valence-electron chi connectivity index (χ2n) is 4.74. The van der Waals surface area contributed by atoms with Crippen LogP contribution in [0.5, 0.6) is 0 Å². The summed E-state index contributed by atoms with van der Waals surface area (Å²) in [6, 6.07) is 4.89. The quantitative estimate of drug-likeness (QED) is 0.796. The average Bonchev–Trinajstić information content (AvgIpc) is 2.21. The Morgan fingerprint density at radius 1 is 1.31 bits per heavy atom. The van der Waals surface area contributed by atoms with E-state index in [1.807, 2.05) is 0 Å². The predicted molar refractivity (Wildman–Crippen MR) is 66.0 cm³/mol. The first kappa shape index (κ1) is 11.2. The first-order chi connectivity index (χ1) is 7.62. The fourth-order valence-electron chi connectivity index (χ4n) is 2.48. The molecule has 1 aliphatic rings. The third-order valence-electron chi connectivity index (χ3n) is 3.89. The average molecular weight is 222 g/mol. The smallest absolute Gasteiger partial charge is 0.148 e. The Morgan fingerprint density at radius 3 is 2.44 bits per heavy atom. The highest BCUT2D eigenvalue weighted by atomic mass is 19.1. The van der Waals surface area contributed by atoms with Crippen molar-refractivity contribution in [1.29, 1.82) is 0 Å². The minimum absolute atomic E-state index is 0.208. The zero-order valence-electron chi connectivity index (χ0n) is 9.96. The van der Waals surface area contributed by atoms with Crippen molar-refractivity contribution in [3.8, 4) is 0 Å². The molecule has 0 saturated carbocycles. The van der Waals surface area contributed by atoms with Gasteiger partial charge in [0.2, 0.25) is 0 Å². The second-order valence-corrected chi connectivity index (χ2v) is 4.74. The molecular weight excluding hydrogens is 203 g/mol. The molecule has 0 bridgehead atoms. The van der Waals surface area contributed by atoms with Crippen molar-refractivity contribution in [3.63, 3.8) is 0 Å². The molecule has 2 rings (SSSR count). The number of hydrogen-bond donors (Lipinski definition) is 1. The Hall–Kier alpha value is -1.25. The van der Waals surface area contributed by atoms with Crippen LogP contribution in [0.15, 0.2) is 18.2 Å². The van der Waals surface area contributed by atoms with Crippen LogP contribution in [0.1, 0.15) is 26.7 Å². The summed E-state index contributed by atoms with van der Waals surface area (Å²) in [6.07, 6.45) is 2.29. The molecule has 1 fully saturated rings. The van der Waals surface area contributed by atoms with Gasteiger partial charge in [0, 0.05) is 18.5 Å². The molecule has 3 heteroatoms. The summed E-state index contributed by atoms with van der Waals surface area (Å²) in [5.74, 6) is -0.208. The van der Waals surface area contributed by atoms with Gasteiger partial charge in [-0.1, -0.05) is 19.9 Å². The number of nitrogen functional groups attached to an aromatic ring is 1. The van der Waals surface area contributed by atoms with Crippen LogP contribution in [0, 0.1) is 11.2 Å². The molecule has 0 amide bonds. The minimum Gasteiger partial charge on any atom is -0.397 e. The van der Waals surface area contributed by atoms with E-state index in [-0.39, 0.29) is 5.82 Å². The van der Waals surface area contributed by atoms with Crippen LogP contribution in [0.2, 0.25) is 0 Å². The normalized spacial score (nSPS) is 18.3. The largest absolute Gasteiger partial charge is 0.397 e. The van der Waals surface area contributed by atoms with Crippen molar-refractivity contribution in [2.24, 2.45) is 5.41 Å². The van der Waals surface area contributed by atoms with Gasteiger partial charge in [-0.2, -0.15) is 0 Å². The molecule has 0 aliphatic carbocycles. The lowest BCUT2D eigenvalue weighted by Crippen LogP contribution is -2.56. The summed E-state index contributed by atoms with van der Waals surface area (Å²) in [5, 5.41) is 0. The lowest BCUT2D eigenvalue weighted by atomic mass is 9.75. The molecule has 1 aromatic carbocycles. The van der Waals surface area contributed by atoms with Gasteiger partial charge in [-0.3, -0.25) is 0 Å². The van der Waals surface area contributed by atoms with Crippen LogP contribution in [-0.2, 0) is 0 Å². The number of anilines is 2. The molecule has 0 spiro atoms. The molecule has 16 heavy (non-hydrogen) atoms. The Kier molecular flexibility index (Phi) is 2.78. The van der Waals surface area contributed by atoms with E-state index in [1.165, 1.54) is 6.07 Å². The molecule has 2 nitrogen and oxygen atoms in total. The van der Waals surface area contributed by atoms with Crippen LogP contribution < -0.4 is 10.6 Å². The van der Waals surface area contributed by atoms with Crippen molar-refractivity contribution in [2.45, 2.75) is 26.7 Å². The van der Waals surface area contributed by atoms with Gasteiger partial charge in [0.15, 0.2) is 0 Å². The van der Waals surface area contributed by atoms with Gasteiger partial charge in [0.1, 0.15) is 5.82 Å². The predicted octanol–water partition coefficient (Wildman–Crippen LogP) is 3.03. The highest BCUT2D eigenvalue weighted by Gasteiger charge is 2.41. The molecule has 0 aromatic heterocycles. The van der Waals surface area contributed by atoms with Gasteiger partial charge >= 0.3 is 0 Å². The molecule has 1 aliphatic heterocycles. The Labute approximate surface area is 96.2 Å². The van der Waals surface area contributed by atoms with Crippen molar-refractivity contribution in [3.05, 3.63) is 24.0 Å². The third-order valence-corrected chi connectivity index (χ3v) is 3.89. The Bertz CT molecular complexity index is 357. The zero-order chi connectivity index (χ0) is 11.8. The van der Waals surface area contributed by atoms with Crippen molar-refractivity contribution in [1.82, 2.24) is 0 Å². The molecule has 2 N–H and O–H groups in total. The second kappa shape index (κ2) is 3.96. The Morgan fingerprint density at radius 2 is 1.94 bits per heavy atom. The number of hydrogen-bond acceptors (Lipinski definition) is 2. The lowest BCUT2D eigenvalue weighted by Gasteiger charge is -2.51. The SMILES string of the molecule is CCC1(CC)CN(c2c(N)cccc2F)C1. The number of benzene rings is 1. The van der Waals surface area contributed by atoms with Crippen LogP contribution in [0.3, 0.4) is 0 Å². The van der Waals surface area contributed by atoms with Crippen LogP contribution >= 0.6 is 0 Å². The van der Waals surface area contributed by atoms with Crippen LogP contribution in [0.25, 0.3) is 0 Å². The number of halogens is 1. The van der Waals surface area contributed by atoms with E-state index in [9.17, 15) is 4.39 Å². The molecule has 0 unspecified atom stereocenters. The van der Waals surface area contributed by atoms with Gasteiger partial charge in [-0.25, -0.2) is 4.39 Å². The van der Waals surface area contributed by atoms with Gasteiger partial charge in [0.25, 0.3) is 0 Å². The first-order valence-corrected chi connectivity index (χ1v) is 5.91. The van der Waals surface area contributed by atoms with Gasteiger partial charge in [-0.15, -0.1) is 0 Å². The monoisotopic (exact) mass is 222 g/mol. The highest BCUT2D eigenvalue weighted by Crippen LogP contribution is 2.42. The van der Waals surface area contributed by atoms with E-state index < -0.39 is 0 Å². The Balaban J connectivity index is 2.18. The highest BCUT2D eigenvalue weighted by molar-refractivity contribution is 5.69. The maximum Gasteiger partial charge on any atom is 0.148 e. The topological polar surface area (TPSA) is 29.3 Å². The number of rotatable bonds is 3. The number of nitrogens with zero attached hydrogens (tertiary/aromatic N) is 1. The summed E-state index contributed by atoms with van der Waals surface area (Å²) in [6.45, 7) is 6.24. The van der Waals surface area contributed by atoms with E-state index in [1.54, 1.807) is 12.1 Å². The summed E-state index contributed by atoms with van der Waals surface area (Å²) < 4.78 is 13.7. The first-order valence-electron chi connectivity index (χ1n) is 5.91. The van der Waals surface area contributed by atoms with E-state index >= 15 is 0 Å². The molecular formula is C13H19FN2. The molecule has 1 saturated heterocycles. The van der Waals surface area contributed by atoms with E-state index in [0.29, 0.717) is 16.8 Å². The lowest BCUT2D eigenvalue weighted by molar-refractivity contribution is 0.193. The molecule has 1 heterocycles. The van der Waals surface area contributed by atoms with E-state index in [4.69, 9.17) is 5.73 Å². The summed E-state index contributed by atoms with van der Waals surface area (Å²) in [5.41, 5.74) is 7.32. The van der Waals surface area contributed by atoms with E-state index in [2.05, 4.69) is 18.7 Å². The molecule has 88 valence electrons. The fraction of sp³-hybridized carbons (Fsp3) is 0.538. The standard InChI is InChI=1S/C13H19FN2/c1-3-13(4-2)8-16(9-13)12-10(14)6-5-7-11(12)15/h5-7H,3-4,8-9,15H2,1-2H3. The number of nitrogens with two attached hydrogens (primary N) is 1. The molecule has 0 atom stereocenters. The fourth-order valence-corrected chi connectivity index (χ4v) is 2.48. The zero-order valence-corrected chi connectivity index (χ0v) is 9.96.